The number of nitrogens with zero attached hydrogens (tertiary/aromatic N) is 1. The van der Waals surface area contributed by atoms with Gasteiger partial charge in [0.2, 0.25) is 10.0 Å². The zero-order valence-electron chi connectivity index (χ0n) is 11.7. The molecule has 1 saturated carbocycles. The van der Waals surface area contributed by atoms with Crippen LogP contribution >= 0.6 is 0 Å². The highest BCUT2D eigenvalue weighted by atomic mass is 32.2. The van der Waals surface area contributed by atoms with Crippen LogP contribution in [0.15, 0.2) is 23.1 Å². The van der Waals surface area contributed by atoms with Gasteiger partial charge in [-0.05, 0) is 42.9 Å². The summed E-state index contributed by atoms with van der Waals surface area (Å²) >= 11 is 0. The Morgan fingerprint density at radius 1 is 1.40 bits per heavy atom. The fraction of sp³-hybridized carbons (Fsp3) is 0.500. The van der Waals surface area contributed by atoms with Crippen LogP contribution in [-0.2, 0) is 16.4 Å². The largest absolute Gasteiger partial charge is 0.478 e. The molecule has 0 amide bonds. The van der Waals surface area contributed by atoms with E-state index in [0.29, 0.717) is 24.4 Å². The third-order valence-electron chi connectivity index (χ3n) is 3.60. The van der Waals surface area contributed by atoms with E-state index in [1.807, 2.05) is 6.92 Å². The molecular formula is C14H19NO4S. The van der Waals surface area contributed by atoms with E-state index in [2.05, 4.69) is 0 Å². The van der Waals surface area contributed by atoms with Gasteiger partial charge in [-0.25, -0.2) is 17.5 Å². The number of carbonyl (C=O) groups is 1. The Labute approximate surface area is 119 Å². The minimum absolute atomic E-state index is 0.000553. The van der Waals surface area contributed by atoms with Crippen molar-refractivity contribution in [2.24, 2.45) is 5.92 Å². The zero-order chi connectivity index (χ0) is 14.9. The van der Waals surface area contributed by atoms with E-state index in [1.165, 1.54) is 16.4 Å². The van der Waals surface area contributed by atoms with Crippen molar-refractivity contribution in [1.82, 2.24) is 4.31 Å². The molecule has 1 aliphatic rings. The molecule has 6 heteroatoms. The molecule has 2 rings (SSSR count). The molecule has 0 bridgehead atoms. The first kappa shape index (κ1) is 15.0. The van der Waals surface area contributed by atoms with E-state index in [-0.39, 0.29) is 10.5 Å². The third kappa shape index (κ3) is 3.02. The third-order valence-corrected chi connectivity index (χ3v) is 5.50. The summed E-state index contributed by atoms with van der Waals surface area (Å²) in [6, 6.07) is 4.29. The number of sulfonamides is 1. The Morgan fingerprint density at radius 3 is 2.55 bits per heavy atom. The summed E-state index contributed by atoms with van der Waals surface area (Å²) in [5, 5.41) is 9.02. The van der Waals surface area contributed by atoms with Crippen LogP contribution in [-0.4, -0.2) is 37.4 Å². The summed E-state index contributed by atoms with van der Waals surface area (Å²) < 4.78 is 26.5. The molecule has 0 spiro atoms. The van der Waals surface area contributed by atoms with E-state index >= 15 is 0 Å². The summed E-state index contributed by atoms with van der Waals surface area (Å²) in [6.45, 7) is 2.36. The maximum Gasteiger partial charge on any atom is 0.335 e. The maximum absolute atomic E-state index is 12.6. The van der Waals surface area contributed by atoms with Gasteiger partial charge in [0.15, 0.2) is 0 Å². The van der Waals surface area contributed by atoms with Gasteiger partial charge in [0.05, 0.1) is 10.5 Å². The molecule has 0 aliphatic heterocycles. The highest BCUT2D eigenvalue weighted by Crippen LogP contribution is 2.31. The summed E-state index contributed by atoms with van der Waals surface area (Å²) in [5.41, 5.74) is 0.651. The molecule has 1 N–H and O–H groups in total. The van der Waals surface area contributed by atoms with Gasteiger partial charge in [0, 0.05) is 13.6 Å². The fourth-order valence-electron chi connectivity index (χ4n) is 2.15. The average Bonchev–Trinajstić information content (AvgIpc) is 3.21. The first-order valence-corrected chi connectivity index (χ1v) is 8.12. The lowest BCUT2D eigenvalue weighted by molar-refractivity contribution is 0.0696. The number of carboxylic acids is 1. The normalized spacial score (nSPS) is 15.6. The van der Waals surface area contributed by atoms with Crippen LogP contribution in [0.3, 0.4) is 0 Å². The number of benzene rings is 1. The van der Waals surface area contributed by atoms with E-state index in [4.69, 9.17) is 5.11 Å². The monoisotopic (exact) mass is 297 g/mol. The van der Waals surface area contributed by atoms with Crippen LogP contribution in [0.4, 0.5) is 0 Å². The fourth-order valence-corrected chi connectivity index (χ4v) is 3.71. The Morgan fingerprint density at radius 2 is 2.05 bits per heavy atom. The average molecular weight is 297 g/mol. The van der Waals surface area contributed by atoms with Crippen LogP contribution in [0, 0.1) is 5.92 Å². The van der Waals surface area contributed by atoms with Crippen molar-refractivity contribution in [3.8, 4) is 0 Å². The molecule has 1 aromatic carbocycles. The van der Waals surface area contributed by atoms with Crippen LogP contribution in [0.25, 0.3) is 0 Å². The molecular weight excluding hydrogens is 278 g/mol. The summed E-state index contributed by atoms with van der Waals surface area (Å²) in [5.74, 6) is -0.670. The number of aromatic carboxylic acids is 1. The summed E-state index contributed by atoms with van der Waals surface area (Å²) in [4.78, 5) is 11.1. The topological polar surface area (TPSA) is 74.7 Å². The minimum atomic E-state index is -3.62. The van der Waals surface area contributed by atoms with Crippen molar-refractivity contribution in [3.05, 3.63) is 29.3 Å². The van der Waals surface area contributed by atoms with Crippen molar-refractivity contribution in [2.45, 2.75) is 31.1 Å². The van der Waals surface area contributed by atoms with Gasteiger partial charge < -0.3 is 5.11 Å². The number of rotatable bonds is 6. The smallest absolute Gasteiger partial charge is 0.335 e. The second kappa shape index (κ2) is 5.54. The molecule has 1 aromatic rings. The van der Waals surface area contributed by atoms with Crippen LogP contribution in [0.1, 0.15) is 35.7 Å². The molecule has 110 valence electrons. The Bertz CT molecular complexity index is 620. The maximum atomic E-state index is 12.6. The first-order chi connectivity index (χ1) is 9.36. The summed E-state index contributed by atoms with van der Waals surface area (Å²) in [6.07, 6.45) is 2.68. The lowest BCUT2D eigenvalue weighted by Gasteiger charge is -2.19. The van der Waals surface area contributed by atoms with Gasteiger partial charge in [-0.15, -0.1) is 0 Å². The van der Waals surface area contributed by atoms with Crippen molar-refractivity contribution in [3.63, 3.8) is 0 Å². The lowest BCUT2D eigenvalue weighted by atomic mass is 10.1. The van der Waals surface area contributed by atoms with Crippen LogP contribution < -0.4 is 0 Å². The Hall–Kier alpha value is -1.40. The second-order valence-corrected chi connectivity index (χ2v) is 7.22. The molecule has 0 atom stereocenters. The molecule has 0 unspecified atom stereocenters. The molecule has 0 radical (unpaired) electrons. The number of aryl methyl sites for hydroxylation is 1. The number of hydrogen-bond acceptors (Lipinski definition) is 3. The minimum Gasteiger partial charge on any atom is -0.478 e. The predicted molar refractivity (Wildman–Crippen MR) is 75.3 cm³/mol. The van der Waals surface area contributed by atoms with E-state index < -0.39 is 16.0 Å². The predicted octanol–water partition coefficient (Wildman–Crippen LogP) is 1.98. The van der Waals surface area contributed by atoms with Crippen molar-refractivity contribution in [2.75, 3.05) is 13.6 Å². The quantitative estimate of drug-likeness (QED) is 0.871. The molecule has 5 nitrogen and oxygen atoms in total. The molecule has 0 saturated heterocycles. The molecule has 1 aliphatic carbocycles. The molecule has 20 heavy (non-hydrogen) atoms. The Kier molecular flexibility index (Phi) is 4.15. The molecule has 1 fully saturated rings. The van der Waals surface area contributed by atoms with Crippen molar-refractivity contribution >= 4 is 16.0 Å². The van der Waals surface area contributed by atoms with Crippen LogP contribution in [0.5, 0.6) is 0 Å². The van der Waals surface area contributed by atoms with Gasteiger partial charge in [-0.2, -0.15) is 0 Å². The highest BCUT2D eigenvalue weighted by molar-refractivity contribution is 7.89. The lowest BCUT2D eigenvalue weighted by Crippen LogP contribution is -2.29. The second-order valence-electron chi connectivity index (χ2n) is 5.21. The van der Waals surface area contributed by atoms with Gasteiger partial charge in [0.1, 0.15) is 0 Å². The number of carboxylic acid groups (broad SMARTS) is 1. The molecule has 0 heterocycles. The van der Waals surface area contributed by atoms with Gasteiger partial charge >= 0.3 is 5.97 Å². The molecule has 0 aromatic heterocycles. The van der Waals surface area contributed by atoms with Gasteiger partial charge in [0.25, 0.3) is 0 Å². The van der Waals surface area contributed by atoms with Crippen molar-refractivity contribution in [1.29, 1.82) is 0 Å². The van der Waals surface area contributed by atoms with Crippen LogP contribution in [0.2, 0.25) is 0 Å². The number of hydrogen-bond donors (Lipinski definition) is 1. The van der Waals surface area contributed by atoms with Gasteiger partial charge in [-0.3, -0.25) is 0 Å². The summed E-state index contributed by atoms with van der Waals surface area (Å²) in [7, 11) is -2.07. The van der Waals surface area contributed by atoms with Gasteiger partial charge in [-0.1, -0.05) is 13.0 Å². The zero-order valence-corrected chi connectivity index (χ0v) is 12.5. The standard InChI is InChI=1S/C14H19NO4S/c1-3-11-6-7-12(14(16)17)8-13(11)20(18,19)15(2)9-10-4-5-10/h6-8,10H,3-5,9H2,1-2H3,(H,16,17). The highest BCUT2D eigenvalue weighted by Gasteiger charge is 2.30. The Balaban J connectivity index is 2.42. The van der Waals surface area contributed by atoms with E-state index in [0.717, 1.165) is 12.8 Å². The van der Waals surface area contributed by atoms with E-state index in [9.17, 15) is 13.2 Å². The SMILES string of the molecule is CCc1ccc(C(=O)O)cc1S(=O)(=O)N(C)CC1CC1. The first-order valence-electron chi connectivity index (χ1n) is 6.68. The van der Waals surface area contributed by atoms with E-state index in [1.54, 1.807) is 13.1 Å². The van der Waals surface area contributed by atoms with Crippen molar-refractivity contribution < 1.29 is 18.3 Å².